The molecule has 0 radical (unpaired) electrons. The highest BCUT2D eigenvalue weighted by molar-refractivity contribution is 5.83. The summed E-state index contributed by atoms with van der Waals surface area (Å²) in [5.41, 5.74) is 6.30. The van der Waals surface area contributed by atoms with Crippen LogP contribution in [0.2, 0.25) is 0 Å². The van der Waals surface area contributed by atoms with Gasteiger partial charge in [0.05, 0.1) is 5.69 Å². The van der Waals surface area contributed by atoms with Crippen molar-refractivity contribution in [1.29, 1.82) is 0 Å². The van der Waals surface area contributed by atoms with E-state index in [9.17, 15) is 9.90 Å². The molecule has 0 atom stereocenters. The van der Waals surface area contributed by atoms with E-state index in [0.717, 1.165) is 22.5 Å². The normalized spacial score (nSPS) is 10.8. The van der Waals surface area contributed by atoms with E-state index in [1.165, 1.54) is 11.1 Å². The minimum absolute atomic E-state index is 0.000719. The Labute approximate surface area is 141 Å². The average molecular weight is 320 g/mol. The van der Waals surface area contributed by atoms with E-state index in [2.05, 4.69) is 58.5 Å². The first-order valence-corrected chi connectivity index (χ1v) is 7.93. The third-order valence-corrected chi connectivity index (χ3v) is 4.06. The van der Waals surface area contributed by atoms with Crippen LogP contribution in [0.1, 0.15) is 44.3 Å². The van der Waals surface area contributed by atoms with E-state index in [-0.39, 0.29) is 5.82 Å². The number of hydrogen-bond acceptors (Lipinski definition) is 2. The molecule has 0 fully saturated rings. The molecule has 0 aliphatic rings. The number of hydrogen-bond donors (Lipinski definition) is 2. The van der Waals surface area contributed by atoms with Gasteiger partial charge < -0.3 is 10.1 Å². The van der Waals surface area contributed by atoms with Gasteiger partial charge in [0.25, 0.3) is 0 Å². The molecule has 4 nitrogen and oxygen atoms in total. The second kappa shape index (κ2) is 6.71. The molecule has 2 aromatic carbocycles. The maximum atomic E-state index is 11.3. The van der Waals surface area contributed by atoms with Crippen LogP contribution in [-0.2, 0) is 12.8 Å². The molecule has 0 saturated carbocycles. The van der Waals surface area contributed by atoms with Gasteiger partial charge in [0.2, 0.25) is 5.82 Å². The predicted octanol–water partition coefficient (Wildman–Crippen LogP) is 3.91. The summed E-state index contributed by atoms with van der Waals surface area (Å²) in [7, 11) is 0. The molecule has 0 unspecified atom stereocenters. The fraction of sp³-hybridized carbons (Fsp3) is 0.200. The Morgan fingerprint density at radius 3 is 1.92 bits per heavy atom. The molecule has 0 amide bonds. The summed E-state index contributed by atoms with van der Waals surface area (Å²) in [6, 6.07) is 16.5. The molecule has 2 N–H and O–H groups in total. The van der Waals surface area contributed by atoms with Crippen molar-refractivity contribution in [2.24, 2.45) is 0 Å². The van der Waals surface area contributed by atoms with Crippen molar-refractivity contribution >= 4 is 5.97 Å². The molecule has 0 bridgehead atoms. The lowest BCUT2D eigenvalue weighted by atomic mass is 10.0. The number of imidazole rings is 1. The number of aryl methyl sites for hydroxylation is 2. The number of aromatic nitrogens is 2. The van der Waals surface area contributed by atoms with Crippen LogP contribution in [0.25, 0.3) is 0 Å². The fourth-order valence-electron chi connectivity index (χ4n) is 2.65. The van der Waals surface area contributed by atoms with Gasteiger partial charge in [-0.15, -0.1) is 0 Å². The van der Waals surface area contributed by atoms with Gasteiger partial charge in [0.15, 0.2) is 0 Å². The van der Waals surface area contributed by atoms with Gasteiger partial charge in [-0.2, -0.15) is 0 Å². The van der Waals surface area contributed by atoms with Crippen molar-refractivity contribution in [2.75, 3.05) is 0 Å². The van der Waals surface area contributed by atoms with Gasteiger partial charge in [0, 0.05) is 18.5 Å². The van der Waals surface area contributed by atoms with Gasteiger partial charge >= 0.3 is 5.97 Å². The summed E-state index contributed by atoms with van der Waals surface area (Å²) in [5.74, 6) is -1.03. The first kappa shape index (κ1) is 16.0. The lowest BCUT2D eigenvalue weighted by Gasteiger charge is -2.05. The number of carboxylic acids is 1. The van der Waals surface area contributed by atoms with Crippen LogP contribution in [0.3, 0.4) is 0 Å². The second-order valence-electron chi connectivity index (χ2n) is 6.14. The Morgan fingerprint density at radius 1 is 0.917 bits per heavy atom. The minimum atomic E-state index is -1.03. The minimum Gasteiger partial charge on any atom is -0.475 e. The van der Waals surface area contributed by atoms with E-state index < -0.39 is 5.97 Å². The van der Waals surface area contributed by atoms with Crippen molar-refractivity contribution in [2.45, 2.75) is 26.7 Å². The SMILES string of the molecule is Cc1ccc(Cc2nc(C(=O)O)[nH]c2Cc2ccc(C)cc2)cc1. The number of aromatic amines is 1. The van der Waals surface area contributed by atoms with Crippen LogP contribution in [-0.4, -0.2) is 21.0 Å². The first-order chi connectivity index (χ1) is 11.5. The quantitative estimate of drug-likeness (QED) is 0.749. The molecule has 0 aliphatic carbocycles. The van der Waals surface area contributed by atoms with E-state index in [1.807, 2.05) is 13.8 Å². The van der Waals surface area contributed by atoms with Crippen LogP contribution in [0, 0.1) is 13.8 Å². The summed E-state index contributed by atoms with van der Waals surface area (Å²) in [4.78, 5) is 18.5. The molecule has 1 heterocycles. The fourth-order valence-corrected chi connectivity index (χ4v) is 2.65. The molecule has 0 aliphatic heterocycles. The monoisotopic (exact) mass is 320 g/mol. The first-order valence-electron chi connectivity index (χ1n) is 7.93. The number of nitrogens with zero attached hydrogens (tertiary/aromatic N) is 1. The summed E-state index contributed by atoms with van der Waals surface area (Å²) < 4.78 is 0. The number of nitrogens with one attached hydrogen (secondary N) is 1. The highest BCUT2D eigenvalue weighted by Gasteiger charge is 2.15. The molecule has 122 valence electrons. The van der Waals surface area contributed by atoms with Crippen molar-refractivity contribution < 1.29 is 9.90 Å². The predicted molar refractivity (Wildman–Crippen MR) is 93.5 cm³/mol. The smallest absolute Gasteiger partial charge is 0.371 e. The zero-order chi connectivity index (χ0) is 17.1. The molecule has 1 aromatic heterocycles. The van der Waals surface area contributed by atoms with Crippen molar-refractivity contribution in [3.8, 4) is 0 Å². The molecule has 4 heteroatoms. The number of rotatable bonds is 5. The topological polar surface area (TPSA) is 66.0 Å². The highest BCUT2D eigenvalue weighted by Crippen LogP contribution is 2.17. The van der Waals surface area contributed by atoms with Gasteiger partial charge in [-0.05, 0) is 25.0 Å². The van der Waals surface area contributed by atoms with Crippen molar-refractivity contribution in [3.63, 3.8) is 0 Å². The molecule has 0 saturated heterocycles. The summed E-state index contributed by atoms with van der Waals surface area (Å²) in [6.07, 6.45) is 1.26. The van der Waals surface area contributed by atoms with Crippen LogP contribution >= 0.6 is 0 Å². The Hall–Kier alpha value is -2.88. The lowest BCUT2D eigenvalue weighted by molar-refractivity contribution is 0.0684. The van der Waals surface area contributed by atoms with E-state index in [1.54, 1.807) is 0 Å². The zero-order valence-electron chi connectivity index (χ0n) is 13.8. The maximum absolute atomic E-state index is 11.3. The third-order valence-electron chi connectivity index (χ3n) is 4.06. The number of carboxylic acid groups (broad SMARTS) is 1. The van der Waals surface area contributed by atoms with Crippen molar-refractivity contribution in [3.05, 3.63) is 88.0 Å². The van der Waals surface area contributed by atoms with Gasteiger partial charge in [0.1, 0.15) is 0 Å². The molecule has 0 spiro atoms. The summed E-state index contributed by atoms with van der Waals surface area (Å²) in [5, 5.41) is 9.23. The van der Waals surface area contributed by atoms with Crippen LogP contribution in [0.4, 0.5) is 0 Å². The molecule has 3 aromatic rings. The maximum Gasteiger partial charge on any atom is 0.371 e. The number of H-pyrrole nitrogens is 1. The number of aromatic carboxylic acids is 1. The highest BCUT2D eigenvalue weighted by atomic mass is 16.4. The van der Waals surface area contributed by atoms with E-state index in [4.69, 9.17) is 0 Å². The average Bonchev–Trinajstić information content (AvgIpc) is 2.95. The Morgan fingerprint density at radius 2 is 1.42 bits per heavy atom. The third kappa shape index (κ3) is 3.71. The van der Waals surface area contributed by atoms with Crippen molar-refractivity contribution in [1.82, 2.24) is 9.97 Å². The van der Waals surface area contributed by atoms with Crippen LogP contribution in [0.5, 0.6) is 0 Å². The van der Waals surface area contributed by atoms with Gasteiger partial charge in [-0.25, -0.2) is 9.78 Å². The molecule has 24 heavy (non-hydrogen) atoms. The number of benzene rings is 2. The standard InChI is InChI=1S/C20H20N2O2/c1-13-3-7-15(8-4-13)11-17-18(22-19(21-17)20(23)24)12-16-9-5-14(2)6-10-16/h3-10H,11-12H2,1-2H3,(H,21,22)(H,23,24). The number of carbonyl (C=O) groups is 1. The van der Waals surface area contributed by atoms with Crippen LogP contribution < -0.4 is 0 Å². The van der Waals surface area contributed by atoms with E-state index in [0.29, 0.717) is 12.8 Å². The van der Waals surface area contributed by atoms with Gasteiger partial charge in [-0.3, -0.25) is 0 Å². The summed E-state index contributed by atoms with van der Waals surface area (Å²) >= 11 is 0. The van der Waals surface area contributed by atoms with E-state index >= 15 is 0 Å². The second-order valence-corrected chi connectivity index (χ2v) is 6.14. The lowest BCUT2D eigenvalue weighted by Crippen LogP contribution is -1.99. The summed E-state index contributed by atoms with van der Waals surface area (Å²) in [6.45, 7) is 4.09. The molecule has 3 rings (SSSR count). The van der Waals surface area contributed by atoms with Gasteiger partial charge in [-0.1, -0.05) is 59.7 Å². The largest absolute Gasteiger partial charge is 0.475 e. The molecular formula is C20H20N2O2. The molecular weight excluding hydrogens is 300 g/mol. The Bertz CT molecular complexity index is 781. The van der Waals surface area contributed by atoms with Crippen LogP contribution in [0.15, 0.2) is 48.5 Å². The Balaban J connectivity index is 1.90. The Kier molecular flexibility index (Phi) is 4.47. The zero-order valence-corrected chi connectivity index (χ0v) is 13.8.